The predicted octanol–water partition coefficient (Wildman–Crippen LogP) is 1.72. The van der Waals surface area contributed by atoms with Crippen molar-refractivity contribution in [2.24, 2.45) is 11.7 Å². The summed E-state index contributed by atoms with van der Waals surface area (Å²) in [4.78, 5) is 0. The summed E-state index contributed by atoms with van der Waals surface area (Å²) < 4.78 is 0. The zero-order chi connectivity index (χ0) is 7.11. The summed E-state index contributed by atoms with van der Waals surface area (Å²) in [5, 5.41) is 0. The van der Waals surface area contributed by atoms with Crippen LogP contribution in [-0.4, -0.2) is 18.6 Å². The van der Waals surface area contributed by atoms with E-state index in [1.165, 1.54) is 18.6 Å². The summed E-state index contributed by atoms with van der Waals surface area (Å²) in [6.45, 7) is 3.11. The smallest absolute Gasteiger partial charge is 0.00678 e. The van der Waals surface area contributed by atoms with Crippen molar-refractivity contribution in [3.05, 3.63) is 0 Å². The van der Waals surface area contributed by atoms with E-state index in [2.05, 4.69) is 13.2 Å². The molecule has 0 spiro atoms. The van der Waals surface area contributed by atoms with E-state index in [0.29, 0.717) is 0 Å². The summed E-state index contributed by atoms with van der Waals surface area (Å²) in [6, 6.07) is 0. The van der Waals surface area contributed by atoms with Gasteiger partial charge in [0.15, 0.2) is 0 Å². The molecule has 0 aliphatic heterocycles. The molecular weight excluding hydrogens is 130 g/mol. The molecule has 0 aliphatic carbocycles. The van der Waals surface area contributed by atoms with Crippen molar-refractivity contribution in [2.45, 2.75) is 19.8 Å². The number of hydrogen-bond acceptors (Lipinski definition) is 2. The maximum absolute atomic E-state index is 5.39. The minimum atomic E-state index is 0.822. The van der Waals surface area contributed by atoms with Gasteiger partial charge in [-0.15, -0.1) is 0 Å². The Labute approximate surface area is 62.4 Å². The fraction of sp³-hybridized carbons (Fsp3) is 1.00. The molecule has 56 valence electrons. The molecular formula is C7H17NS. The predicted molar refractivity (Wildman–Crippen MR) is 45.8 cm³/mol. The Morgan fingerprint density at radius 3 is 2.56 bits per heavy atom. The second-order valence-corrected chi connectivity index (χ2v) is 3.45. The van der Waals surface area contributed by atoms with Gasteiger partial charge in [-0.25, -0.2) is 0 Å². The Kier molecular flexibility index (Phi) is 6.65. The van der Waals surface area contributed by atoms with Gasteiger partial charge in [-0.2, -0.15) is 11.8 Å². The number of thioether (sulfide) groups is 1. The lowest BCUT2D eigenvalue weighted by molar-refractivity contribution is 0.528. The third kappa shape index (κ3) is 6.19. The zero-order valence-corrected chi connectivity index (χ0v) is 7.21. The van der Waals surface area contributed by atoms with Gasteiger partial charge in [0.05, 0.1) is 0 Å². The number of nitrogens with two attached hydrogens (primary N) is 1. The molecule has 0 radical (unpaired) electrons. The topological polar surface area (TPSA) is 26.0 Å². The maximum Gasteiger partial charge on any atom is -0.00678 e. The largest absolute Gasteiger partial charge is 0.330 e. The molecule has 1 nitrogen and oxygen atoms in total. The van der Waals surface area contributed by atoms with E-state index >= 15 is 0 Å². The lowest BCUT2D eigenvalue weighted by Crippen LogP contribution is -2.06. The van der Waals surface area contributed by atoms with Crippen LogP contribution in [0.1, 0.15) is 19.8 Å². The quantitative estimate of drug-likeness (QED) is 0.641. The highest BCUT2D eigenvalue weighted by Crippen LogP contribution is 2.09. The summed E-state index contributed by atoms with van der Waals surface area (Å²) in [5.74, 6) is 2.10. The maximum atomic E-state index is 5.39. The van der Waals surface area contributed by atoms with Gasteiger partial charge in [-0.3, -0.25) is 0 Å². The molecule has 0 bridgehead atoms. The van der Waals surface area contributed by atoms with Crippen molar-refractivity contribution in [1.82, 2.24) is 0 Å². The van der Waals surface area contributed by atoms with Crippen LogP contribution in [0.5, 0.6) is 0 Å². The average molecular weight is 147 g/mol. The molecule has 0 aromatic carbocycles. The van der Waals surface area contributed by atoms with Crippen molar-refractivity contribution in [3.63, 3.8) is 0 Å². The minimum absolute atomic E-state index is 0.822. The number of hydrogen-bond donors (Lipinski definition) is 1. The Balaban J connectivity index is 2.95. The van der Waals surface area contributed by atoms with Crippen LogP contribution in [-0.2, 0) is 0 Å². The highest BCUT2D eigenvalue weighted by molar-refractivity contribution is 7.98. The first-order valence-corrected chi connectivity index (χ1v) is 4.89. The van der Waals surface area contributed by atoms with Crippen molar-refractivity contribution in [2.75, 3.05) is 18.6 Å². The fourth-order valence-corrected chi connectivity index (χ4v) is 1.39. The van der Waals surface area contributed by atoms with Crippen LogP contribution >= 0.6 is 11.8 Å². The third-order valence-electron chi connectivity index (χ3n) is 1.47. The van der Waals surface area contributed by atoms with Gasteiger partial charge in [-0.05, 0) is 37.3 Å². The van der Waals surface area contributed by atoms with Gasteiger partial charge in [0, 0.05) is 0 Å². The Hall–Kier alpha value is 0.310. The summed E-state index contributed by atoms with van der Waals surface area (Å²) >= 11 is 1.91. The monoisotopic (exact) mass is 147 g/mol. The van der Waals surface area contributed by atoms with Gasteiger partial charge in [0.25, 0.3) is 0 Å². The van der Waals surface area contributed by atoms with E-state index < -0.39 is 0 Å². The summed E-state index contributed by atoms with van der Waals surface area (Å²) in [7, 11) is 0. The second kappa shape index (κ2) is 6.43. The molecule has 0 amide bonds. The van der Waals surface area contributed by atoms with Crippen molar-refractivity contribution in [1.29, 1.82) is 0 Å². The highest BCUT2D eigenvalue weighted by Gasteiger charge is 1.97. The van der Waals surface area contributed by atoms with Crippen LogP contribution in [0.25, 0.3) is 0 Å². The fourth-order valence-electron chi connectivity index (χ4n) is 0.748. The van der Waals surface area contributed by atoms with Crippen LogP contribution in [0, 0.1) is 5.92 Å². The lowest BCUT2D eigenvalue weighted by Gasteiger charge is -2.06. The third-order valence-corrected chi connectivity index (χ3v) is 2.12. The van der Waals surface area contributed by atoms with E-state index in [4.69, 9.17) is 5.73 Å². The molecule has 0 fully saturated rings. The van der Waals surface area contributed by atoms with E-state index in [9.17, 15) is 0 Å². The van der Waals surface area contributed by atoms with E-state index in [-0.39, 0.29) is 0 Å². The first-order valence-electron chi connectivity index (χ1n) is 3.50. The van der Waals surface area contributed by atoms with Crippen molar-refractivity contribution in [3.8, 4) is 0 Å². The van der Waals surface area contributed by atoms with E-state index in [0.717, 1.165) is 12.5 Å². The highest BCUT2D eigenvalue weighted by atomic mass is 32.2. The molecule has 2 heteroatoms. The molecule has 0 heterocycles. The normalized spacial score (nSPS) is 13.7. The first kappa shape index (κ1) is 9.31. The van der Waals surface area contributed by atoms with Crippen molar-refractivity contribution >= 4 is 11.8 Å². The van der Waals surface area contributed by atoms with E-state index in [1.807, 2.05) is 11.8 Å². The van der Waals surface area contributed by atoms with Gasteiger partial charge in [-0.1, -0.05) is 6.92 Å². The zero-order valence-electron chi connectivity index (χ0n) is 6.39. The van der Waals surface area contributed by atoms with Crippen LogP contribution in [0.15, 0.2) is 0 Å². The Morgan fingerprint density at radius 2 is 2.11 bits per heavy atom. The molecule has 1 unspecified atom stereocenters. The molecule has 2 N–H and O–H groups in total. The van der Waals surface area contributed by atoms with Gasteiger partial charge in [0.2, 0.25) is 0 Å². The van der Waals surface area contributed by atoms with Crippen LogP contribution < -0.4 is 5.73 Å². The van der Waals surface area contributed by atoms with Crippen LogP contribution in [0.3, 0.4) is 0 Å². The van der Waals surface area contributed by atoms with E-state index in [1.54, 1.807) is 0 Å². The Morgan fingerprint density at radius 1 is 1.44 bits per heavy atom. The number of rotatable bonds is 5. The molecule has 0 aromatic rings. The summed E-state index contributed by atoms with van der Waals surface area (Å²) in [5.41, 5.74) is 5.39. The van der Waals surface area contributed by atoms with Gasteiger partial charge in [0.1, 0.15) is 0 Å². The molecule has 0 saturated heterocycles. The molecule has 9 heavy (non-hydrogen) atoms. The minimum Gasteiger partial charge on any atom is -0.330 e. The van der Waals surface area contributed by atoms with Crippen LogP contribution in [0.2, 0.25) is 0 Å². The standard InChI is InChI=1S/C7H17NS/c1-7(3-5-8)4-6-9-2/h7H,3-6,8H2,1-2H3. The van der Waals surface area contributed by atoms with Crippen molar-refractivity contribution < 1.29 is 0 Å². The molecule has 0 aromatic heterocycles. The van der Waals surface area contributed by atoms with Crippen LogP contribution in [0.4, 0.5) is 0 Å². The Bertz CT molecular complexity index is 56.9. The molecule has 0 aliphatic rings. The summed E-state index contributed by atoms with van der Waals surface area (Å²) in [6.07, 6.45) is 4.65. The second-order valence-electron chi connectivity index (χ2n) is 2.46. The molecule has 1 atom stereocenters. The van der Waals surface area contributed by atoms with Gasteiger partial charge < -0.3 is 5.73 Å². The molecule has 0 rings (SSSR count). The van der Waals surface area contributed by atoms with Gasteiger partial charge >= 0.3 is 0 Å². The molecule has 0 saturated carbocycles. The lowest BCUT2D eigenvalue weighted by atomic mass is 10.1. The first-order chi connectivity index (χ1) is 4.31. The average Bonchev–Trinajstić information content (AvgIpc) is 1.85. The SMILES string of the molecule is CSCCC(C)CCN.